The van der Waals surface area contributed by atoms with E-state index in [1.54, 1.807) is 29.2 Å². The first-order chi connectivity index (χ1) is 13.7. The second-order valence-corrected chi connectivity index (χ2v) is 8.10. The summed E-state index contributed by atoms with van der Waals surface area (Å²) in [4.78, 5) is 20.7. The number of benzene rings is 1. The summed E-state index contributed by atoms with van der Waals surface area (Å²) in [6, 6.07) is 6.91. The van der Waals surface area contributed by atoms with E-state index in [9.17, 15) is 13.6 Å². The number of alkyl halides is 2. The van der Waals surface area contributed by atoms with E-state index >= 15 is 0 Å². The van der Waals surface area contributed by atoms with Gasteiger partial charge in [-0.05, 0) is 38.8 Å². The molecule has 2 aliphatic rings. The number of hydrogen-bond donors (Lipinski definition) is 1. The molecule has 3 rings (SSSR count). The number of piperazine rings is 1. The van der Waals surface area contributed by atoms with Gasteiger partial charge in [-0.3, -0.25) is 4.99 Å². The largest absolute Gasteiger partial charge is 0.444 e. The minimum absolute atomic E-state index is 0. The molecule has 1 N–H and O–H groups in total. The highest BCUT2D eigenvalue weighted by atomic mass is 127. The molecule has 1 atom stereocenters. The van der Waals surface area contributed by atoms with Gasteiger partial charge in [-0.2, -0.15) is 8.78 Å². The Morgan fingerprint density at radius 1 is 1.30 bits per heavy atom. The fourth-order valence-corrected chi connectivity index (χ4v) is 3.45. The highest BCUT2D eigenvalue weighted by Gasteiger charge is 2.36. The fourth-order valence-electron chi connectivity index (χ4n) is 3.45. The molecule has 0 aromatic heterocycles. The Kier molecular flexibility index (Phi) is 8.51. The van der Waals surface area contributed by atoms with E-state index in [4.69, 9.17) is 4.74 Å². The summed E-state index contributed by atoms with van der Waals surface area (Å²) in [5, 5.41) is 3.29. The van der Waals surface area contributed by atoms with Crippen molar-refractivity contribution in [3.05, 3.63) is 29.8 Å². The van der Waals surface area contributed by atoms with E-state index in [0.29, 0.717) is 44.7 Å². The molecule has 0 radical (unpaired) electrons. The first-order valence-corrected chi connectivity index (χ1v) is 9.78. The van der Waals surface area contributed by atoms with Crippen molar-refractivity contribution in [2.75, 3.05) is 32.7 Å². The molecule has 0 saturated carbocycles. The van der Waals surface area contributed by atoms with Crippen LogP contribution in [0.5, 0.6) is 5.75 Å². The topological polar surface area (TPSA) is 66.4 Å². The Hall–Kier alpha value is -1.85. The number of amides is 1. The van der Waals surface area contributed by atoms with E-state index in [1.807, 2.05) is 20.8 Å². The second kappa shape index (κ2) is 10.5. The maximum Gasteiger partial charge on any atom is 0.410 e. The summed E-state index contributed by atoms with van der Waals surface area (Å²) in [6.07, 6.45) is 0.235. The highest BCUT2D eigenvalue weighted by molar-refractivity contribution is 14.0. The van der Waals surface area contributed by atoms with Gasteiger partial charge in [0.25, 0.3) is 0 Å². The molecule has 1 amide bonds. The second-order valence-electron chi connectivity index (χ2n) is 8.10. The number of para-hydroxylation sites is 1. The molecule has 2 heterocycles. The number of aliphatic imine (C=N–C) groups is 1. The van der Waals surface area contributed by atoms with Crippen LogP contribution in [0, 0.1) is 0 Å². The minimum atomic E-state index is -2.84. The zero-order valence-corrected chi connectivity index (χ0v) is 19.8. The van der Waals surface area contributed by atoms with Crippen molar-refractivity contribution >= 4 is 36.0 Å². The lowest BCUT2D eigenvalue weighted by molar-refractivity contribution is -0.0504. The Labute approximate surface area is 192 Å². The summed E-state index contributed by atoms with van der Waals surface area (Å²) < 4.78 is 35.1. The number of nitrogens with one attached hydrogen (secondary N) is 1. The first kappa shape index (κ1) is 24.4. The highest BCUT2D eigenvalue weighted by Crippen LogP contribution is 2.21. The third-order valence-electron chi connectivity index (χ3n) is 4.72. The van der Waals surface area contributed by atoms with E-state index in [0.717, 1.165) is 5.96 Å². The van der Waals surface area contributed by atoms with Crippen LogP contribution < -0.4 is 10.1 Å². The lowest BCUT2D eigenvalue weighted by atomic mass is 10.1. The molecule has 1 unspecified atom stereocenters. The van der Waals surface area contributed by atoms with Crippen molar-refractivity contribution in [2.45, 2.75) is 45.4 Å². The minimum Gasteiger partial charge on any atom is -0.444 e. The van der Waals surface area contributed by atoms with E-state index < -0.39 is 12.2 Å². The molecule has 2 aliphatic heterocycles. The van der Waals surface area contributed by atoms with Crippen LogP contribution in [0.3, 0.4) is 0 Å². The van der Waals surface area contributed by atoms with Gasteiger partial charge >= 0.3 is 12.7 Å². The third-order valence-corrected chi connectivity index (χ3v) is 4.72. The molecule has 1 fully saturated rings. The molecule has 7 nitrogen and oxygen atoms in total. The number of hydrogen-bond acceptors (Lipinski definition) is 6. The smallest absolute Gasteiger partial charge is 0.410 e. The van der Waals surface area contributed by atoms with Crippen molar-refractivity contribution in [1.82, 2.24) is 15.1 Å². The summed E-state index contributed by atoms with van der Waals surface area (Å²) in [5.41, 5.74) is 0.197. The standard InChI is InChI=1S/C20H28F2N4O3.HI/c1-20(2,3)29-19(27)25-10-11-26-15(13-25)12-24-18(26)23-9-8-14-6-4-5-7-16(14)28-17(21)22;/h4-7,15,17H,8-13H2,1-3H3,(H,23,24);1H. The van der Waals surface area contributed by atoms with Crippen LogP contribution in [-0.4, -0.2) is 72.8 Å². The predicted octanol–water partition coefficient (Wildman–Crippen LogP) is 3.33. The maximum atomic E-state index is 12.5. The maximum absolute atomic E-state index is 12.5. The van der Waals surface area contributed by atoms with Gasteiger partial charge in [0.2, 0.25) is 0 Å². The number of fused-ring (bicyclic) bond motifs is 1. The number of nitrogens with zero attached hydrogens (tertiary/aromatic N) is 3. The molecule has 1 aromatic rings. The van der Waals surface area contributed by atoms with Gasteiger partial charge < -0.3 is 24.6 Å². The van der Waals surface area contributed by atoms with Crippen LogP contribution in [0.1, 0.15) is 26.3 Å². The molecule has 1 aromatic carbocycles. The molecular weight excluding hydrogens is 509 g/mol. The molecule has 10 heteroatoms. The Balaban J connectivity index is 0.00000320. The van der Waals surface area contributed by atoms with Crippen molar-refractivity contribution in [3.8, 4) is 5.75 Å². The van der Waals surface area contributed by atoms with Crippen LogP contribution in [0.4, 0.5) is 13.6 Å². The summed E-state index contributed by atoms with van der Waals surface area (Å²) in [7, 11) is 0. The quantitative estimate of drug-likeness (QED) is 0.583. The molecule has 0 aliphatic carbocycles. The SMILES string of the molecule is CC(C)(C)OC(=O)N1CCN2C(NCCc3ccccc3OC(F)F)=NCC2C1.I. The molecule has 0 bridgehead atoms. The molecular formula is C20H29F2IN4O3. The number of carbonyl (C=O) groups is 1. The van der Waals surface area contributed by atoms with Crippen LogP contribution >= 0.6 is 24.0 Å². The lowest BCUT2D eigenvalue weighted by Crippen LogP contribution is -2.57. The summed E-state index contributed by atoms with van der Waals surface area (Å²) in [5.74, 6) is 0.979. The average Bonchev–Trinajstić information content (AvgIpc) is 3.03. The Bertz CT molecular complexity index is 758. The first-order valence-electron chi connectivity index (χ1n) is 9.78. The lowest BCUT2D eigenvalue weighted by Gasteiger charge is -2.39. The number of ether oxygens (including phenoxy) is 2. The van der Waals surface area contributed by atoms with Crippen LogP contribution in [0.15, 0.2) is 29.3 Å². The van der Waals surface area contributed by atoms with Crippen LogP contribution in [-0.2, 0) is 11.2 Å². The monoisotopic (exact) mass is 538 g/mol. The third kappa shape index (κ3) is 6.58. The zero-order valence-electron chi connectivity index (χ0n) is 17.4. The van der Waals surface area contributed by atoms with Gasteiger partial charge in [-0.15, -0.1) is 24.0 Å². The Morgan fingerprint density at radius 3 is 2.73 bits per heavy atom. The summed E-state index contributed by atoms with van der Waals surface area (Å²) >= 11 is 0. The number of carbonyl (C=O) groups excluding carboxylic acids is 1. The predicted molar refractivity (Wildman–Crippen MR) is 121 cm³/mol. The fraction of sp³-hybridized carbons (Fsp3) is 0.600. The van der Waals surface area contributed by atoms with Crippen LogP contribution in [0.25, 0.3) is 0 Å². The average molecular weight is 538 g/mol. The molecule has 30 heavy (non-hydrogen) atoms. The van der Waals surface area contributed by atoms with Gasteiger partial charge in [-0.25, -0.2) is 4.79 Å². The normalized spacial score (nSPS) is 18.5. The zero-order chi connectivity index (χ0) is 21.0. The van der Waals surface area contributed by atoms with Gasteiger partial charge in [-0.1, -0.05) is 18.2 Å². The number of halogens is 3. The van der Waals surface area contributed by atoms with Crippen LogP contribution in [0.2, 0.25) is 0 Å². The van der Waals surface area contributed by atoms with Gasteiger partial charge in [0.15, 0.2) is 5.96 Å². The van der Waals surface area contributed by atoms with Crippen molar-refractivity contribution in [3.63, 3.8) is 0 Å². The van der Waals surface area contributed by atoms with E-state index in [-0.39, 0.29) is 41.9 Å². The van der Waals surface area contributed by atoms with Gasteiger partial charge in [0, 0.05) is 26.2 Å². The molecule has 0 spiro atoms. The van der Waals surface area contributed by atoms with E-state index in [1.165, 1.54) is 0 Å². The number of guanidine groups is 1. The molecule has 1 saturated heterocycles. The van der Waals surface area contributed by atoms with Crippen molar-refractivity contribution in [2.24, 2.45) is 4.99 Å². The Morgan fingerprint density at radius 2 is 2.03 bits per heavy atom. The van der Waals surface area contributed by atoms with E-state index in [2.05, 4.69) is 19.9 Å². The van der Waals surface area contributed by atoms with Gasteiger partial charge in [0.1, 0.15) is 11.4 Å². The molecule has 168 valence electrons. The van der Waals surface area contributed by atoms with Crippen molar-refractivity contribution in [1.29, 1.82) is 0 Å². The van der Waals surface area contributed by atoms with Crippen molar-refractivity contribution < 1.29 is 23.0 Å². The number of rotatable bonds is 5. The summed E-state index contributed by atoms with van der Waals surface area (Å²) in [6.45, 7) is 5.66. The van der Waals surface area contributed by atoms with Gasteiger partial charge in [0.05, 0.1) is 12.6 Å².